The second-order valence-corrected chi connectivity index (χ2v) is 8.58. The first-order valence-corrected chi connectivity index (χ1v) is 10.5. The average Bonchev–Trinajstić information content (AvgIpc) is 2.69. The van der Waals surface area contributed by atoms with E-state index >= 15 is 0 Å². The third kappa shape index (κ3) is 4.26. The quantitative estimate of drug-likeness (QED) is 0.821. The first-order chi connectivity index (χ1) is 12.9. The van der Waals surface area contributed by atoms with E-state index in [0.29, 0.717) is 29.4 Å². The molecule has 0 radical (unpaired) electrons. The van der Waals surface area contributed by atoms with Crippen LogP contribution in [0, 0.1) is 0 Å². The number of methoxy groups -OCH3 is 1. The zero-order valence-electron chi connectivity index (χ0n) is 14.9. The predicted octanol–water partition coefficient (Wildman–Crippen LogP) is 3.53. The molecule has 3 rings (SSSR count). The van der Waals surface area contributed by atoms with Gasteiger partial charge < -0.3 is 10.1 Å². The molecule has 0 bridgehead atoms. The van der Waals surface area contributed by atoms with Crippen molar-refractivity contribution in [3.05, 3.63) is 53.6 Å². The minimum absolute atomic E-state index is 0.192. The highest BCUT2D eigenvalue weighted by Gasteiger charge is 2.37. The van der Waals surface area contributed by atoms with Crippen LogP contribution in [-0.2, 0) is 14.8 Å². The number of nitrogens with one attached hydrogen (secondary N) is 1. The number of sulfonamides is 1. The summed E-state index contributed by atoms with van der Waals surface area (Å²) in [6.07, 6.45) is 1.99. The Balaban J connectivity index is 1.83. The monoisotopic (exact) mass is 408 g/mol. The lowest BCUT2D eigenvalue weighted by Gasteiger charge is -2.33. The summed E-state index contributed by atoms with van der Waals surface area (Å²) in [7, 11) is -2.23. The van der Waals surface area contributed by atoms with Gasteiger partial charge in [-0.2, -0.15) is 4.31 Å². The van der Waals surface area contributed by atoms with Gasteiger partial charge in [0.25, 0.3) is 0 Å². The lowest BCUT2D eigenvalue weighted by atomic mass is 10.0. The molecule has 1 unspecified atom stereocenters. The minimum Gasteiger partial charge on any atom is -0.495 e. The average molecular weight is 409 g/mol. The van der Waals surface area contributed by atoms with Crippen LogP contribution in [0.2, 0.25) is 5.02 Å². The lowest BCUT2D eigenvalue weighted by molar-refractivity contribution is -0.120. The molecule has 27 heavy (non-hydrogen) atoms. The molecule has 2 aromatic carbocycles. The molecular weight excluding hydrogens is 388 g/mol. The van der Waals surface area contributed by atoms with Gasteiger partial charge in [-0.15, -0.1) is 0 Å². The summed E-state index contributed by atoms with van der Waals surface area (Å²) >= 11 is 6.10. The smallest absolute Gasteiger partial charge is 0.243 e. The Morgan fingerprint density at radius 2 is 1.93 bits per heavy atom. The van der Waals surface area contributed by atoms with Crippen molar-refractivity contribution in [3.8, 4) is 5.75 Å². The molecule has 1 aliphatic heterocycles. The first kappa shape index (κ1) is 19.7. The van der Waals surface area contributed by atoms with Gasteiger partial charge in [-0.1, -0.05) is 36.2 Å². The number of carbonyl (C=O) groups excluding carboxylic acids is 1. The molecule has 1 atom stereocenters. The van der Waals surface area contributed by atoms with E-state index in [2.05, 4.69) is 5.32 Å². The molecule has 8 heteroatoms. The van der Waals surface area contributed by atoms with Crippen molar-refractivity contribution in [2.45, 2.75) is 30.2 Å². The van der Waals surface area contributed by atoms with Gasteiger partial charge in [0, 0.05) is 12.2 Å². The highest BCUT2D eigenvalue weighted by Crippen LogP contribution is 2.29. The van der Waals surface area contributed by atoms with Crippen LogP contribution < -0.4 is 10.1 Å². The molecule has 1 heterocycles. The number of amides is 1. The van der Waals surface area contributed by atoms with Crippen molar-refractivity contribution >= 4 is 33.2 Å². The molecule has 144 valence electrons. The number of hydrogen-bond donors (Lipinski definition) is 1. The third-order valence-corrected chi connectivity index (χ3v) is 6.74. The molecule has 1 saturated heterocycles. The molecule has 1 amide bonds. The number of anilines is 1. The van der Waals surface area contributed by atoms with Gasteiger partial charge in [0.05, 0.1) is 17.0 Å². The molecule has 0 aliphatic carbocycles. The largest absolute Gasteiger partial charge is 0.495 e. The lowest BCUT2D eigenvalue weighted by Crippen LogP contribution is -2.49. The van der Waals surface area contributed by atoms with E-state index in [0.717, 1.165) is 12.8 Å². The second-order valence-electron chi connectivity index (χ2n) is 6.28. The fourth-order valence-corrected chi connectivity index (χ4v) is 5.09. The summed E-state index contributed by atoms with van der Waals surface area (Å²) in [5.41, 5.74) is 0.494. The summed E-state index contributed by atoms with van der Waals surface area (Å²) in [4.78, 5) is 13.0. The zero-order valence-corrected chi connectivity index (χ0v) is 16.5. The summed E-state index contributed by atoms with van der Waals surface area (Å²) < 4.78 is 32.4. The minimum atomic E-state index is -3.74. The Morgan fingerprint density at radius 1 is 1.19 bits per heavy atom. The predicted molar refractivity (Wildman–Crippen MR) is 105 cm³/mol. The van der Waals surface area contributed by atoms with Gasteiger partial charge in [-0.25, -0.2) is 8.42 Å². The summed E-state index contributed by atoms with van der Waals surface area (Å²) in [5.74, 6) is 0.135. The highest BCUT2D eigenvalue weighted by molar-refractivity contribution is 7.89. The number of rotatable bonds is 5. The number of carbonyl (C=O) groups is 1. The van der Waals surface area contributed by atoms with E-state index < -0.39 is 16.1 Å². The fraction of sp³-hybridized carbons (Fsp3) is 0.316. The number of benzene rings is 2. The number of halogens is 1. The van der Waals surface area contributed by atoms with E-state index in [1.54, 1.807) is 48.5 Å². The fourth-order valence-electron chi connectivity index (χ4n) is 3.15. The molecule has 1 aliphatic rings. The zero-order chi connectivity index (χ0) is 19.4. The molecule has 1 N–H and O–H groups in total. The normalized spacial score (nSPS) is 18.1. The molecule has 2 aromatic rings. The van der Waals surface area contributed by atoms with E-state index in [1.165, 1.54) is 11.4 Å². The van der Waals surface area contributed by atoms with Crippen LogP contribution in [0.15, 0.2) is 53.4 Å². The van der Waals surface area contributed by atoms with Gasteiger partial charge in [-0.3, -0.25) is 4.79 Å². The molecule has 0 saturated carbocycles. The summed E-state index contributed by atoms with van der Waals surface area (Å²) in [6, 6.07) is 12.3. The third-order valence-electron chi connectivity index (χ3n) is 4.53. The standard InChI is InChI=1S/C19H21ClN2O4S/c1-26-18-11-10-14(13-16(18)20)21-19(23)17-9-5-6-12-22(17)27(24,25)15-7-3-2-4-8-15/h2-4,7-8,10-11,13,17H,5-6,9,12H2,1H3,(H,21,23). The maximum absolute atomic E-state index is 13.0. The van der Waals surface area contributed by atoms with Crippen LogP contribution in [0.1, 0.15) is 19.3 Å². The number of piperidine rings is 1. The van der Waals surface area contributed by atoms with E-state index in [-0.39, 0.29) is 10.8 Å². The van der Waals surface area contributed by atoms with Crippen molar-refractivity contribution in [1.29, 1.82) is 0 Å². The van der Waals surface area contributed by atoms with Crippen LogP contribution >= 0.6 is 11.6 Å². The van der Waals surface area contributed by atoms with Crippen LogP contribution in [-0.4, -0.2) is 38.3 Å². The second kappa shape index (κ2) is 8.29. The van der Waals surface area contributed by atoms with Gasteiger partial charge in [0.1, 0.15) is 11.8 Å². The van der Waals surface area contributed by atoms with Crippen LogP contribution in [0.4, 0.5) is 5.69 Å². The maximum atomic E-state index is 13.0. The van der Waals surface area contributed by atoms with Crippen LogP contribution in [0.3, 0.4) is 0 Å². The summed E-state index contributed by atoms with van der Waals surface area (Å²) in [6.45, 7) is 0.318. The Hall–Kier alpha value is -2.09. The highest BCUT2D eigenvalue weighted by atomic mass is 35.5. The van der Waals surface area contributed by atoms with Gasteiger partial charge >= 0.3 is 0 Å². The molecular formula is C19H21ClN2O4S. The molecule has 0 aromatic heterocycles. The van der Waals surface area contributed by atoms with Crippen molar-refractivity contribution in [2.75, 3.05) is 19.0 Å². The van der Waals surface area contributed by atoms with Crippen molar-refractivity contribution in [2.24, 2.45) is 0 Å². The first-order valence-electron chi connectivity index (χ1n) is 8.65. The number of nitrogens with zero attached hydrogens (tertiary/aromatic N) is 1. The molecule has 6 nitrogen and oxygen atoms in total. The maximum Gasteiger partial charge on any atom is 0.243 e. The van der Waals surface area contributed by atoms with Crippen LogP contribution in [0.5, 0.6) is 5.75 Å². The SMILES string of the molecule is COc1ccc(NC(=O)C2CCCCN2S(=O)(=O)c2ccccc2)cc1Cl. The Bertz CT molecular complexity index is 919. The molecule has 1 fully saturated rings. The van der Waals surface area contributed by atoms with E-state index in [4.69, 9.17) is 16.3 Å². The number of hydrogen-bond acceptors (Lipinski definition) is 4. The van der Waals surface area contributed by atoms with Gasteiger partial charge in [0.2, 0.25) is 15.9 Å². The number of ether oxygens (including phenoxy) is 1. The van der Waals surface area contributed by atoms with Gasteiger partial charge in [0.15, 0.2) is 0 Å². The van der Waals surface area contributed by atoms with Crippen molar-refractivity contribution in [1.82, 2.24) is 4.31 Å². The topological polar surface area (TPSA) is 75.7 Å². The van der Waals surface area contributed by atoms with Crippen molar-refractivity contribution in [3.63, 3.8) is 0 Å². The van der Waals surface area contributed by atoms with E-state index in [1.807, 2.05) is 0 Å². The van der Waals surface area contributed by atoms with Crippen molar-refractivity contribution < 1.29 is 17.9 Å². The van der Waals surface area contributed by atoms with Crippen LogP contribution in [0.25, 0.3) is 0 Å². The Labute approximate surface area is 164 Å². The summed E-state index contributed by atoms with van der Waals surface area (Å²) in [5, 5.41) is 3.14. The molecule has 0 spiro atoms. The Morgan fingerprint density at radius 3 is 2.59 bits per heavy atom. The Kier molecular flexibility index (Phi) is 6.04. The van der Waals surface area contributed by atoms with Gasteiger partial charge in [-0.05, 0) is 43.2 Å². The van der Waals surface area contributed by atoms with E-state index in [9.17, 15) is 13.2 Å².